The molecule has 0 aliphatic heterocycles. The molecule has 5 heteroatoms. The van der Waals surface area contributed by atoms with Crippen LogP contribution >= 0.6 is 0 Å². The summed E-state index contributed by atoms with van der Waals surface area (Å²) in [7, 11) is 0. The molecular formula is C25H34NO4-. The molecule has 0 N–H and O–H groups in total. The lowest BCUT2D eigenvalue weighted by Crippen LogP contribution is -2.24. The lowest BCUT2D eigenvalue weighted by Gasteiger charge is -2.13. The number of ether oxygens (including phenoxy) is 2. The number of carbonyl (C=O) groups is 1. The Balaban J connectivity index is 2.00. The maximum Gasteiger partial charge on any atom is 0.138 e. The summed E-state index contributed by atoms with van der Waals surface area (Å²) in [4.78, 5) is 15.6. The first-order valence-electron chi connectivity index (χ1n) is 11.2. The standard InChI is InChI=1S/C25H35NO4/c1-3-5-7-9-11-17-30-22-18-23(24(25(27)28)26-19-22)20-12-14-21(15-13-20)29-16-10-8-6-4-2/h12-15,18-19H,3-11,16-17H2,1-2H3,(H,27,28)/p-1. The van der Waals surface area contributed by atoms with E-state index in [9.17, 15) is 9.90 Å². The van der Waals surface area contributed by atoms with Gasteiger partial charge in [-0.2, -0.15) is 0 Å². The second-order valence-electron chi connectivity index (χ2n) is 7.55. The Morgan fingerprint density at radius 1 is 0.833 bits per heavy atom. The van der Waals surface area contributed by atoms with Gasteiger partial charge in [0.25, 0.3) is 0 Å². The highest BCUT2D eigenvalue weighted by Gasteiger charge is 2.10. The molecule has 0 spiro atoms. The van der Waals surface area contributed by atoms with Crippen LogP contribution in [-0.4, -0.2) is 24.2 Å². The van der Waals surface area contributed by atoms with E-state index < -0.39 is 5.97 Å². The van der Waals surface area contributed by atoms with Crippen molar-refractivity contribution in [2.24, 2.45) is 0 Å². The topological polar surface area (TPSA) is 71.5 Å². The molecule has 0 saturated heterocycles. The van der Waals surface area contributed by atoms with Gasteiger partial charge in [0.15, 0.2) is 0 Å². The summed E-state index contributed by atoms with van der Waals surface area (Å²) in [6, 6.07) is 9.13. The zero-order chi connectivity index (χ0) is 21.6. The minimum absolute atomic E-state index is 0.0847. The molecular weight excluding hydrogens is 378 g/mol. The fourth-order valence-corrected chi connectivity index (χ4v) is 3.25. The van der Waals surface area contributed by atoms with Crippen molar-refractivity contribution in [2.75, 3.05) is 13.2 Å². The van der Waals surface area contributed by atoms with Crippen LogP contribution in [0.25, 0.3) is 11.1 Å². The number of hydrogen-bond donors (Lipinski definition) is 0. The Hall–Kier alpha value is -2.56. The Labute approximate surface area is 180 Å². The van der Waals surface area contributed by atoms with E-state index in [0.717, 1.165) is 30.6 Å². The molecule has 0 amide bonds. The van der Waals surface area contributed by atoms with Gasteiger partial charge < -0.3 is 19.4 Å². The van der Waals surface area contributed by atoms with Gasteiger partial charge in [-0.1, -0.05) is 70.9 Å². The molecule has 1 aromatic heterocycles. The summed E-state index contributed by atoms with van der Waals surface area (Å²) in [6.07, 6.45) is 11.8. The first-order valence-corrected chi connectivity index (χ1v) is 11.2. The molecule has 1 heterocycles. The van der Waals surface area contributed by atoms with Crippen LogP contribution in [0.5, 0.6) is 11.5 Å². The summed E-state index contributed by atoms with van der Waals surface area (Å²) in [5.74, 6) is 0.0480. The maximum atomic E-state index is 11.5. The second-order valence-corrected chi connectivity index (χ2v) is 7.55. The molecule has 5 nitrogen and oxygen atoms in total. The molecule has 164 valence electrons. The van der Waals surface area contributed by atoms with Crippen LogP contribution in [0.3, 0.4) is 0 Å². The van der Waals surface area contributed by atoms with Gasteiger partial charge in [0, 0.05) is 5.56 Å². The van der Waals surface area contributed by atoms with Gasteiger partial charge in [-0.05, 0) is 36.6 Å². The van der Waals surface area contributed by atoms with Gasteiger partial charge in [-0.25, -0.2) is 0 Å². The van der Waals surface area contributed by atoms with Crippen molar-refractivity contribution in [3.05, 3.63) is 42.2 Å². The Morgan fingerprint density at radius 2 is 1.40 bits per heavy atom. The van der Waals surface area contributed by atoms with E-state index in [0.29, 0.717) is 24.5 Å². The van der Waals surface area contributed by atoms with E-state index >= 15 is 0 Å². The average molecular weight is 413 g/mol. The number of hydrogen-bond acceptors (Lipinski definition) is 5. The number of carboxylic acid groups (broad SMARTS) is 1. The lowest BCUT2D eigenvalue weighted by molar-refractivity contribution is -0.255. The van der Waals surface area contributed by atoms with Crippen LogP contribution in [-0.2, 0) is 0 Å². The largest absolute Gasteiger partial charge is 0.543 e. The molecule has 2 aromatic rings. The van der Waals surface area contributed by atoms with Gasteiger partial charge in [0.05, 0.1) is 31.1 Å². The zero-order valence-electron chi connectivity index (χ0n) is 18.3. The molecule has 30 heavy (non-hydrogen) atoms. The molecule has 0 atom stereocenters. The second kappa shape index (κ2) is 13.6. The number of aromatic carboxylic acids is 1. The van der Waals surface area contributed by atoms with Crippen molar-refractivity contribution >= 4 is 5.97 Å². The molecule has 0 radical (unpaired) electrons. The van der Waals surface area contributed by atoms with Gasteiger partial charge in [0.1, 0.15) is 11.5 Å². The number of aromatic nitrogens is 1. The predicted molar refractivity (Wildman–Crippen MR) is 118 cm³/mol. The third-order valence-corrected chi connectivity index (χ3v) is 5.00. The number of rotatable bonds is 15. The van der Waals surface area contributed by atoms with Gasteiger partial charge >= 0.3 is 0 Å². The predicted octanol–water partition coefficient (Wildman–Crippen LogP) is 5.42. The molecule has 0 fully saturated rings. The number of nitrogens with zero attached hydrogens (tertiary/aromatic N) is 1. The molecule has 0 saturated carbocycles. The minimum Gasteiger partial charge on any atom is -0.543 e. The Morgan fingerprint density at radius 3 is 2.00 bits per heavy atom. The Bertz CT molecular complexity index is 758. The van der Waals surface area contributed by atoms with E-state index in [1.165, 1.54) is 44.7 Å². The monoisotopic (exact) mass is 412 g/mol. The highest BCUT2D eigenvalue weighted by Crippen LogP contribution is 2.28. The molecule has 0 unspecified atom stereocenters. The first kappa shape index (κ1) is 23.7. The maximum absolute atomic E-state index is 11.5. The van der Waals surface area contributed by atoms with Crippen LogP contribution in [0, 0.1) is 0 Å². The molecule has 0 bridgehead atoms. The van der Waals surface area contributed by atoms with E-state index in [1.807, 2.05) is 24.3 Å². The smallest absolute Gasteiger partial charge is 0.138 e. The van der Waals surface area contributed by atoms with E-state index in [-0.39, 0.29) is 5.69 Å². The number of carbonyl (C=O) groups excluding carboxylic acids is 1. The highest BCUT2D eigenvalue weighted by molar-refractivity contribution is 5.92. The summed E-state index contributed by atoms with van der Waals surface area (Å²) in [5, 5.41) is 11.5. The van der Waals surface area contributed by atoms with Crippen LogP contribution in [0.15, 0.2) is 36.5 Å². The van der Waals surface area contributed by atoms with E-state index in [4.69, 9.17) is 9.47 Å². The summed E-state index contributed by atoms with van der Waals surface area (Å²) >= 11 is 0. The van der Waals surface area contributed by atoms with Gasteiger partial charge in [-0.3, -0.25) is 4.98 Å². The van der Waals surface area contributed by atoms with E-state index in [2.05, 4.69) is 18.8 Å². The van der Waals surface area contributed by atoms with Crippen molar-refractivity contribution in [2.45, 2.75) is 71.6 Å². The van der Waals surface area contributed by atoms with Gasteiger partial charge in [0.2, 0.25) is 0 Å². The molecule has 0 aliphatic carbocycles. The number of carboxylic acids is 1. The first-order chi connectivity index (χ1) is 14.7. The quantitative estimate of drug-likeness (QED) is 0.365. The van der Waals surface area contributed by atoms with E-state index in [1.54, 1.807) is 6.07 Å². The fourth-order valence-electron chi connectivity index (χ4n) is 3.25. The number of benzene rings is 1. The van der Waals surface area contributed by atoms with Crippen LogP contribution in [0.4, 0.5) is 0 Å². The molecule has 0 aliphatic rings. The van der Waals surface area contributed by atoms with Crippen molar-refractivity contribution in [1.29, 1.82) is 0 Å². The van der Waals surface area contributed by atoms with Crippen LogP contribution in [0.2, 0.25) is 0 Å². The Kier molecular flexibility index (Phi) is 10.8. The lowest BCUT2D eigenvalue weighted by atomic mass is 10.0. The van der Waals surface area contributed by atoms with Crippen LogP contribution < -0.4 is 14.6 Å². The third kappa shape index (κ3) is 8.05. The number of unbranched alkanes of at least 4 members (excludes halogenated alkanes) is 7. The molecule has 1 aromatic carbocycles. The highest BCUT2D eigenvalue weighted by atomic mass is 16.5. The number of pyridine rings is 1. The zero-order valence-corrected chi connectivity index (χ0v) is 18.3. The summed E-state index contributed by atoms with van der Waals surface area (Å²) in [5.41, 5.74) is 1.15. The minimum atomic E-state index is -1.30. The molecule has 2 rings (SSSR count). The third-order valence-electron chi connectivity index (χ3n) is 5.00. The van der Waals surface area contributed by atoms with Crippen molar-refractivity contribution in [1.82, 2.24) is 4.98 Å². The normalized spacial score (nSPS) is 10.7. The van der Waals surface area contributed by atoms with Crippen molar-refractivity contribution in [3.63, 3.8) is 0 Å². The average Bonchev–Trinajstić information content (AvgIpc) is 2.76. The fraction of sp³-hybridized carbons (Fsp3) is 0.520. The summed E-state index contributed by atoms with van der Waals surface area (Å²) in [6.45, 7) is 5.66. The SMILES string of the molecule is CCCCCCCOc1cnc(C(=O)[O-])c(-c2ccc(OCCCCCC)cc2)c1. The van der Waals surface area contributed by atoms with Crippen molar-refractivity contribution in [3.8, 4) is 22.6 Å². The van der Waals surface area contributed by atoms with Crippen molar-refractivity contribution < 1.29 is 19.4 Å². The van der Waals surface area contributed by atoms with Crippen LogP contribution in [0.1, 0.15) is 82.1 Å². The summed E-state index contributed by atoms with van der Waals surface area (Å²) < 4.78 is 11.6. The van der Waals surface area contributed by atoms with Gasteiger partial charge in [-0.15, -0.1) is 0 Å².